The zero-order chi connectivity index (χ0) is 6.57. The predicted octanol–water partition coefficient (Wildman–Crippen LogP) is -0.165. The van der Waals surface area contributed by atoms with Crippen molar-refractivity contribution < 1.29 is 12.9 Å². The quantitative estimate of drug-likeness (QED) is 0.420. The van der Waals surface area contributed by atoms with Gasteiger partial charge >= 0.3 is 11.4 Å². The van der Waals surface area contributed by atoms with Gasteiger partial charge in [0.15, 0.2) is 0 Å². The SMILES string of the molecule is CCC(N)OS(=O)O. The molecule has 0 aromatic rings. The molecule has 0 aromatic heterocycles. The minimum Gasteiger partial charge on any atom is -0.305 e. The molecular formula is C3H9NO3S. The van der Waals surface area contributed by atoms with Crippen molar-refractivity contribution in [2.45, 2.75) is 19.6 Å². The van der Waals surface area contributed by atoms with Gasteiger partial charge in [0.2, 0.25) is 0 Å². The first-order chi connectivity index (χ1) is 3.66. The molecule has 0 heterocycles. The Balaban J connectivity index is 3.24. The lowest BCUT2D eigenvalue weighted by Gasteiger charge is -2.03. The molecule has 2 unspecified atom stereocenters. The van der Waals surface area contributed by atoms with Gasteiger partial charge in [0, 0.05) is 0 Å². The topological polar surface area (TPSA) is 72.5 Å². The average Bonchev–Trinajstić information content (AvgIpc) is 1.65. The second-order valence-corrected chi connectivity index (χ2v) is 1.89. The van der Waals surface area contributed by atoms with E-state index in [4.69, 9.17) is 10.3 Å². The van der Waals surface area contributed by atoms with Gasteiger partial charge in [0.1, 0.15) is 6.23 Å². The fourth-order valence-corrected chi connectivity index (χ4v) is 0.521. The highest BCUT2D eigenvalue weighted by molar-refractivity contribution is 7.74. The third kappa shape index (κ3) is 4.20. The maximum atomic E-state index is 9.78. The van der Waals surface area contributed by atoms with Gasteiger partial charge < -0.3 is 5.73 Å². The minimum atomic E-state index is -2.22. The largest absolute Gasteiger partial charge is 0.305 e. The van der Waals surface area contributed by atoms with E-state index < -0.39 is 17.6 Å². The molecule has 0 radical (unpaired) electrons. The van der Waals surface area contributed by atoms with E-state index in [1.54, 1.807) is 6.92 Å². The second kappa shape index (κ2) is 3.96. The number of rotatable bonds is 3. The van der Waals surface area contributed by atoms with Crippen molar-refractivity contribution in [3.8, 4) is 0 Å². The zero-order valence-electron chi connectivity index (χ0n) is 4.53. The van der Waals surface area contributed by atoms with E-state index in [1.807, 2.05) is 0 Å². The zero-order valence-corrected chi connectivity index (χ0v) is 5.35. The summed E-state index contributed by atoms with van der Waals surface area (Å²) in [6.07, 6.45) is -0.0902. The third-order valence-corrected chi connectivity index (χ3v) is 1.02. The standard InChI is InChI=1S/C3H9NO3S/c1-2-3(4)7-8(5)6/h3H,2,4H2,1H3,(H,5,6). The Morgan fingerprint density at radius 1 is 2.00 bits per heavy atom. The molecule has 0 aliphatic heterocycles. The van der Waals surface area contributed by atoms with Crippen molar-refractivity contribution in [1.82, 2.24) is 0 Å². The second-order valence-electron chi connectivity index (χ2n) is 1.26. The maximum absolute atomic E-state index is 9.78. The third-order valence-electron chi connectivity index (χ3n) is 0.608. The summed E-state index contributed by atoms with van der Waals surface area (Å²) in [5.74, 6) is 0. The molecule has 3 N–H and O–H groups in total. The van der Waals surface area contributed by atoms with E-state index in [0.717, 1.165) is 0 Å². The summed E-state index contributed by atoms with van der Waals surface area (Å²) in [6, 6.07) is 0. The van der Waals surface area contributed by atoms with E-state index >= 15 is 0 Å². The molecule has 0 bridgehead atoms. The van der Waals surface area contributed by atoms with Gasteiger partial charge in [0.05, 0.1) is 0 Å². The van der Waals surface area contributed by atoms with Crippen molar-refractivity contribution in [3.05, 3.63) is 0 Å². The van der Waals surface area contributed by atoms with E-state index in [0.29, 0.717) is 6.42 Å². The molecule has 0 spiro atoms. The molecule has 8 heavy (non-hydrogen) atoms. The summed E-state index contributed by atoms with van der Waals surface area (Å²) in [5.41, 5.74) is 5.10. The summed E-state index contributed by atoms with van der Waals surface area (Å²) in [7, 11) is 0. The van der Waals surface area contributed by atoms with Crippen molar-refractivity contribution in [1.29, 1.82) is 0 Å². The van der Waals surface area contributed by atoms with E-state index in [9.17, 15) is 4.21 Å². The van der Waals surface area contributed by atoms with Crippen LogP contribution in [0.3, 0.4) is 0 Å². The summed E-state index contributed by atoms with van der Waals surface area (Å²) >= 11 is -2.22. The Morgan fingerprint density at radius 2 is 2.50 bits per heavy atom. The molecule has 0 amide bonds. The first-order valence-corrected chi connectivity index (χ1v) is 3.23. The molecule has 0 aromatic carbocycles. The van der Waals surface area contributed by atoms with E-state index in [2.05, 4.69) is 4.18 Å². The first kappa shape index (κ1) is 8.03. The Labute approximate surface area is 50.5 Å². The van der Waals surface area contributed by atoms with Gasteiger partial charge in [-0.1, -0.05) is 6.92 Å². The highest BCUT2D eigenvalue weighted by Gasteiger charge is 2.00. The summed E-state index contributed by atoms with van der Waals surface area (Å²) < 4.78 is 22.0. The highest BCUT2D eigenvalue weighted by atomic mass is 32.2. The highest BCUT2D eigenvalue weighted by Crippen LogP contribution is 1.89. The van der Waals surface area contributed by atoms with Crippen LogP contribution >= 0.6 is 0 Å². The molecule has 0 fully saturated rings. The number of hydrogen-bond acceptors (Lipinski definition) is 3. The molecule has 2 atom stereocenters. The van der Waals surface area contributed by atoms with Crippen LogP contribution in [0, 0.1) is 0 Å². The molecule has 0 aliphatic carbocycles. The smallest absolute Gasteiger partial charge is 0.303 e. The Hall–Kier alpha value is 0.0300. The van der Waals surface area contributed by atoms with Crippen LogP contribution < -0.4 is 5.73 Å². The maximum Gasteiger partial charge on any atom is 0.303 e. The monoisotopic (exact) mass is 139 g/mol. The minimum absolute atomic E-state index is 0.534. The first-order valence-electron chi connectivity index (χ1n) is 2.20. The van der Waals surface area contributed by atoms with E-state index in [-0.39, 0.29) is 0 Å². The molecule has 0 aliphatic rings. The van der Waals surface area contributed by atoms with Gasteiger partial charge in [-0.15, -0.1) is 0 Å². The Kier molecular flexibility index (Phi) is 3.98. The summed E-state index contributed by atoms with van der Waals surface area (Å²) in [5, 5.41) is 0. The van der Waals surface area contributed by atoms with Crippen LogP contribution in [0.1, 0.15) is 13.3 Å². The number of hydrogen-bond donors (Lipinski definition) is 2. The lowest BCUT2D eigenvalue weighted by Crippen LogP contribution is -2.23. The van der Waals surface area contributed by atoms with Gasteiger partial charge in [-0.2, -0.15) is 4.21 Å². The van der Waals surface area contributed by atoms with Crippen molar-refractivity contribution >= 4 is 11.4 Å². The van der Waals surface area contributed by atoms with Crippen LogP contribution in [0.25, 0.3) is 0 Å². The van der Waals surface area contributed by atoms with Crippen molar-refractivity contribution in [2.24, 2.45) is 5.73 Å². The summed E-state index contributed by atoms with van der Waals surface area (Å²) in [4.78, 5) is 0. The molecule has 0 rings (SSSR count). The fourth-order valence-electron chi connectivity index (χ4n) is 0.174. The molecule has 0 saturated carbocycles. The number of nitrogens with two attached hydrogens (primary N) is 1. The van der Waals surface area contributed by atoms with Crippen LogP contribution in [0.4, 0.5) is 0 Å². The molecule has 4 nitrogen and oxygen atoms in total. The Morgan fingerprint density at radius 3 is 2.62 bits per heavy atom. The van der Waals surface area contributed by atoms with Gasteiger partial charge in [-0.25, -0.2) is 4.18 Å². The molecular weight excluding hydrogens is 130 g/mol. The van der Waals surface area contributed by atoms with Crippen molar-refractivity contribution in [2.75, 3.05) is 0 Å². The lowest BCUT2D eigenvalue weighted by atomic mass is 10.5. The predicted molar refractivity (Wildman–Crippen MR) is 30.1 cm³/mol. The molecule has 0 saturated heterocycles. The van der Waals surface area contributed by atoms with Gasteiger partial charge in [-0.05, 0) is 6.42 Å². The van der Waals surface area contributed by atoms with Crippen LogP contribution in [-0.2, 0) is 15.5 Å². The fraction of sp³-hybridized carbons (Fsp3) is 1.00. The molecule has 50 valence electrons. The van der Waals surface area contributed by atoms with Crippen LogP contribution in [0.2, 0.25) is 0 Å². The van der Waals surface area contributed by atoms with Crippen molar-refractivity contribution in [3.63, 3.8) is 0 Å². The van der Waals surface area contributed by atoms with Gasteiger partial charge in [0.25, 0.3) is 0 Å². The van der Waals surface area contributed by atoms with Gasteiger partial charge in [-0.3, -0.25) is 4.55 Å². The van der Waals surface area contributed by atoms with Crippen LogP contribution in [-0.4, -0.2) is 15.0 Å². The normalized spacial score (nSPS) is 17.9. The average molecular weight is 139 g/mol. The lowest BCUT2D eigenvalue weighted by molar-refractivity contribution is 0.207. The summed E-state index contributed by atoms with van der Waals surface area (Å²) in [6.45, 7) is 1.76. The van der Waals surface area contributed by atoms with Crippen LogP contribution in [0.15, 0.2) is 0 Å². The van der Waals surface area contributed by atoms with E-state index in [1.165, 1.54) is 0 Å². The van der Waals surface area contributed by atoms with Crippen LogP contribution in [0.5, 0.6) is 0 Å². The molecule has 5 heteroatoms. The Bertz CT molecular complexity index is 86.6.